The summed E-state index contributed by atoms with van der Waals surface area (Å²) in [5.41, 5.74) is 5.87. The van der Waals surface area contributed by atoms with Crippen LogP contribution in [0.25, 0.3) is 0 Å². The largest absolute Gasteiger partial charge is 0.299 e. The van der Waals surface area contributed by atoms with Gasteiger partial charge in [0.2, 0.25) is 0 Å². The van der Waals surface area contributed by atoms with E-state index in [2.05, 4.69) is 110 Å². The normalized spacial score (nSPS) is 53.0. The zero-order valence-electron chi connectivity index (χ0n) is 63.6. The highest BCUT2D eigenvalue weighted by molar-refractivity contribution is 5.87. The quantitative estimate of drug-likeness (QED) is 0.238. The Bertz CT molecular complexity index is 2520. The van der Waals surface area contributed by atoms with Gasteiger partial charge < -0.3 is 0 Å². The smallest absolute Gasteiger partial charge is 0.139 e. The second kappa shape index (κ2) is 26.6. The van der Waals surface area contributed by atoms with Crippen LogP contribution < -0.4 is 0 Å². The van der Waals surface area contributed by atoms with Crippen LogP contribution in [0.4, 0.5) is 0 Å². The third kappa shape index (κ3) is 12.0. The van der Waals surface area contributed by atoms with Gasteiger partial charge in [0.1, 0.15) is 11.6 Å². The van der Waals surface area contributed by atoms with Crippen LogP contribution in [-0.2, 0) is 9.59 Å². The monoisotopic (exact) mass is 1260 g/mol. The van der Waals surface area contributed by atoms with Crippen LogP contribution in [0.15, 0.2) is 11.6 Å². The highest BCUT2D eigenvalue weighted by atomic mass is 16.1. The van der Waals surface area contributed by atoms with Crippen molar-refractivity contribution < 1.29 is 9.59 Å². The second-order valence-electron chi connectivity index (χ2n) is 41.7. The highest BCUT2D eigenvalue weighted by Crippen LogP contribution is 2.72. The zero-order chi connectivity index (χ0) is 65.1. The molecule has 0 bridgehead atoms. The Morgan fingerprint density at radius 3 is 1.39 bits per heavy atom. The Hall–Kier alpha value is -0.920. The molecule has 0 aromatic heterocycles. The maximum absolute atomic E-state index is 12.4. The Morgan fingerprint density at radius 1 is 0.424 bits per heavy atom. The summed E-state index contributed by atoms with van der Waals surface area (Å²) >= 11 is 0. The number of carbonyl (C=O) groups is 2. The molecule has 0 aromatic carbocycles. The second-order valence-corrected chi connectivity index (χ2v) is 41.7. The summed E-state index contributed by atoms with van der Waals surface area (Å²) in [5.74, 6) is 22.2. The molecular formula is C90H150O2. The van der Waals surface area contributed by atoms with E-state index in [9.17, 15) is 9.59 Å². The third-order valence-electron chi connectivity index (χ3n) is 37.1. The number of fused-ring (bicyclic) bond motifs is 20. The van der Waals surface area contributed by atoms with Crippen LogP contribution in [0.3, 0.4) is 0 Å². The predicted molar refractivity (Wildman–Crippen MR) is 389 cm³/mol. The maximum atomic E-state index is 12.4. The fourth-order valence-electron chi connectivity index (χ4n) is 31.4. The Labute approximate surface area is 570 Å². The lowest BCUT2D eigenvalue weighted by Gasteiger charge is -2.60. The van der Waals surface area contributed by atoms with E-state index in [0.29, 0.717) is 33.2 Å². The lowest BCUT2D eigenvalue weighted by molar-refractivity contribution is -0.140. The van der Waals surface area contributed by atoms with E-state index in [4.69, 9.17) is 0 Å². The van der Waals surface area contributed by atoms with Crippen LogP contribution in [0.2, 0.25) is 0 Å². The summed E-state index contributed by atoms with van der Waals surface area (Å²) in [6.07, 6.45) is 61.1. The minimum Gasteiger partial charge on any atom is -0.299 e. The van der Waals surface area contributed by atoms with Crippen LogP contribution >= 0.6 is 0 Å². The number of carbonyl (C=O) groups excluding carboxylic acids is 2. The first kappa shape index (κ1) is 69.6. The van der Waals surface area contributed by atoms with Crippen LogP contribution in [0, 0.1) is 174 Å². The van der Waals surface area contributed by atoms with Crippen molar-refractivity contribution >= 4 is 11.6 Å². The molecule has 92 heavy (non-hydrogen) atoms. The molecule has 0 heterocycles. The van der Waals surface area contributed by atoms with Crippen molar-refractivity contribution in [2.45, 2.75) is 367 Å². The first-order chi connectivity index (χ1) is 43.7. The molecule has 2 nitrogen and oxygen atoms in total. The van der Waals surface area contributed by atoms with E-state index in [1.165, 1.54) is 205 Å². The number of Topliss-reactive ketones (excluding diaryl/α,β-unsaturated/α-hetero) is 2. The van der Waals surface area contributed by atoms with Crippen LogP contribution in [-0.4, -0.2) is 11.6 Å². The SMILES string of the molecule is CCC[C@H]1CC[C@@]2(C)C(=CC[C@H]3[C@@H]4CC[C@H]([C@H](C)CCCC(C)C)[C@@]4(C)CC[C@@H]32)C1.C[C@@H]1CC[C@@]2(C)[C@@H](CC[C@@H]3[C@@H]2CC[C@]2(C)C(=O)CC[C@@H]32)C1.C[C@@H]1CC[C@@]2(C)[C@@H](CC[C@H]3[C@@H]4CCC[C@@]4(C)CC[C@@H]32)C1.C[C@H]1CC[C@@]2(C)[C@@H](CC[C@@H]3[C@@H]2CC[C@]2(C)C(=O)CC[C@@H]32)C1. The number of ketones is 2. The minimum atomic E-state index is 0.0618. The number of allylic oxidation sites excluding steroid dienone is 2. The van der Waals surface area contributed by atoms with Crippen molar-refractivity contribution in [2.75, 3.05) is 0 Å². The van der Waals surface area contributed by atoms with Gasteiger partial charge in [-0.1, -0.05) is 173 Å². The van der Waals surface area contributed by atoms with Gasteiger partial charge in [0, 0.05) is 23.7 Å². The molecule has 0 aromatic rings. The molecule has 15 saturated carbocycles. The maximum Gasteiger partial charge on any atom is 0.139 e. The fourth-order valence-corrected chi connectivity index (χ4v) is 31.4. The van der Waals surface area contributed by atoms with Gasteiger partial charge in [-0.25, -0.2) is 0 Å². The topological polar surface area (TPSA) is 34.1 Å². The summed E-state index contributed by atoms with van der Waals surface area (Å²) in [7, 11) is 0. The van der Waals surface area contributed by atoms with Gasteiger partial charge in [-0.05, 0) is 355 Å². The molecule has 29 atom stereocenters. The molecular weight excluding hydrogens is 1110 g/mol. The van der Waals surface area contributed by atoms with Crippen molar-refractivity contribution in [3.8, 4) is 0 Å². The summed E-state index contributed by atoms with van der Waals surface area (Å²) in [4.78, 5) is 24.8. The van der Waals surface area contributed by atoms with E-state index in [-0.39, 0.29) is 10.8 Å². The third-order valence-corrected chi connectivity index (χ3v) is 37.1. The lowest BCUT2D eigenvalue weighted by atomic mass is 9.45. The van der Waals surface area contributed by atoms with Crippen LogP contribution in [0.5, 0.6) is 0 Å². The Balaban J connectivity index is 0.000000113. The Kier molecular flexibility index (Phi) is 20.1. The zero-order valence-corrected chi connectivity index (χ0v) is 63.6. The van der Waals surface area contributed by atoms with Gasteiger partial charge in [0.15, 0.2) is 0 Å². The lowest BCUT2D eigenvalue weighted by Crippen LogP contribution is -2.53. The van der Waals surface area contributed by atoms with Crippen molar-refractivity contribution in [1.29, 1.82) is 0 Å². The first-order valence-electron chi connectivity index (χ1n) is 42.5. The highest BCUT2D eigenvalue weighted by Gasteiger charge is 2.64. The fraction of sp³-hybridized carbons (Fsp3) is 0.956. The Morgan fingerprint density at radius 2 is 0.880 bits per heavy atom. The molecule has 2 heteroatoms. The van der Waals surface area contributed by atoms with Crippen molar-refractivity contribution in [3.05, 3.63) is 11.6 Å². The van der Waals surface area contributed by atoms with Gasteiger partial charge >= 0.3 is 0 Å². The number of hydrogen-bond donors (Lipinski definition) is 0. The van der Waals surface area contributed by atoms with Crippen molar-refractivity contribution in [2.24, 2.45) is 174 Å². The molecule has 0 radical (unpaired) electrons. The minimum absolute atomic E-state index is 0.0618. The van der Waals surface area contributed by atoms with Gasteiger partial charge in [-0.2, -0.15) is 0 Å². The first-order valence-corrected chi connectivity index (χ1v) is 42.5. The molecule has 16 rings (SSSR count). The molecule has 0 spiro atoms. The van der Waals surface area contributed by atoms with E-state index >= 15 is 0 Å². The van der Waals surface area contributed by atoms with Gasteiger partial charge in [0.25, 0.3) is 0 Å². The average Bonchev–Trinajstić information content (AvgIpc) is 1.42. The van der Waals surface area contributed by atoms with Gasteiger partial charge in [-0.15, -0.1) is 0 Å². The summed E-state index contributed by atoms with van der Waals surface area (Å²) in [5, 5.41) is 0. The van der Waals surface area contributed by atoms with E-state index < -0.39 is 0 Å². The van der Waals surface area contributed by atoms with Crippen molar-refractivity contribution in [1.82, 2.24) is 0 Å². The molecule has 0 N–H and O–H groups in total. The molecule has 16 aliphatic carbocycles. The van der Waals surface area contributed by atoms with Gasteiger partial charge in [0.05, 0.1) is 0 Å². The molecule has 0 saturated heterocycles. The predicted octanol–water partition coefficient (Wildman–Crippen LogP) is 26.0. The molecule has 0 amide bonds. The van der Waals surface area contributed by atoms with E-state index in [0.717, 1.165) is 154 Å². The molecule has 16 aliphatic rings. The van der Waals surface area contributed by atoms with Crippen molar-refractivity contribution in [3.63, 3.8) is 0 Å². The summed E-state index contributed by atoms with van der Waals surface area (Å²) in [6.45, 7) is 37.8. The molecule has 15 fully saturated rings. The molecule has 0 aliphatic heterocycles. The molecule has 0 unspecified atom stereocenters. The average molecular weight is 1260 g/mol. The molecule has 522 valence electrons. The van der Waals surface area contributed by atoms with E-state index in [1.807, 2.05) is 5.57 Å². The number of rotatable bonds is 7. The standard InChI is InChI=1S/C30H52.2C20H32O.C20H34/c1-7-9-23-16-18-29(5)24(20-23)12-13-25-27-15-14-26(22(4)11-8-10-21(2)3)30(27,6)19-17-28(25)29;2*1-13-8-10-19(2)14(12-13)4-5-15-16-6-7-18(21)20(16,3)11-9-17(15)19;1-14-8-12-20(3)15(13-14)6-7-16-17-5-4-10-19(17,2)11-9-18(16)20/h12,21-23,25-28H,7-11,13-20H2,1-6H3;2*13-17H,4-12H2,1-3H3;14-18H,4-13H2,1-3H3/t22-,23+,25+,26-,27+,28+,29+,30-;13-,14+,15+,16+,17+,19+,20+;13-,14-,15-,16-,17-,19-,20-;14-,15+,16+,17+,18+,19+,20+/m1101/s1. The number of hydrogen-bond acceptors (Lipinski definition) is 2. The van der Waals surface area contributed by atoms with Gasteiger partial charge in [-0.3, -0.25) is 9.59 Å². The van der Waals surface area contributed by atoms with E-state index in [1.54, 1.807) is 44.9 Å². The van der Waals surface area contributed by atoms with Crippen LogP contribution in [0.1, 0.15) is 367 Å². The summed E-state index contributed by atoms with van der Waals surface area (Å²) in [6, 6.07) is 0. The summed E-state index contributed by atoms with van der Waals surface area (Å²) < 4.78 is 0.